The SMILES string of the molecule is Cc1ccc(N)c(NC(=O)c2cc(Cl)ccc2O)c1C. The Labute approximate surface area is 122 Å². The minimum Gasteiger partial charge on any atom is -0.507 e. The van der Waals surface area contributed by atoms with Gasteiger partial charge in [0.25, 0.3) is 5.91 Å². The monoisotopic (exact) mass is 290 g/mol. The Morgan fingerprint density at radius 2 is 1.95 bits per heavy atom. The van der Waals surface area contributed by atoms with Crippen LogP contribution in [0.15, 0.2) is 30.3 Å². The zero-order valence-corrected chi connectivity index (χ0v) is 12.0. The summed E-state index contributed by atoms with van der Waals surface area (Å²) < 4.78 is 0. The van der Waals surface area contributed by atoms with Crippen LogP contribution in [0.25, 0.3) is 0 Å². The van der Waals surface area contributed by atoms with E-state index < -0.39 is 5.91 Å². The van der Waals surface area contributed by atoms with Gasteiger partial charge in [0.2, 0.25) is 0 Å². The Kier molecular flexibility index (Phi) is 3.86. The number of amides is 1. The molecule has 0 aliphatic rings. The number of phenolic OH excluding ortho intramolecular Hbond substituents is 1. The van der Waals surface area contributed by atoms with Gasteiger partial charge >= 0.3 is 0 Å². The number of phenols is 1. The molecule has 0 unspecified atom stereocenters. The summed E-state index contributed by atoms with van der Waals surface area (Å²) in [6, 6.07) is 7.92. The van der Waals surface area contributed by atoms with Gasteiger partial charge in [-0.3, -0.25) is 4.79 Å². The summed E-state index contributed by atoms with van der Waals surface area (Å²) in [6.45, 7) is 3.81. The van der Waals surface area contributed by atoms with Crippen LogP contribution in [0.4, 0.5) is 11.4 Å². The number of hydrogen-bond donors (Lipinski definition) is 3. The van der Waals surface area contributed by atoms with Crippen molar-refractivity contribution in [3.63, 3.8) is 0 Å². The quantitative estimate of drug-likeness (QED) is 0.741. The van der Waals surface area contributed by atoms with Crippen molar-refractivity contribution in [2.24, 2.45) is 0 Å². The average molecular weight is 291 g/mol. The number of carbonyl (C=O) groups excluding carboxylic acids is 1. The van der Waals surface area contributed by atoms with Crippen LogP contribution in [0, 0.1) is 13.8 Å². The van der Waals surface area contributed by atoms with Crippen LogP contribution in [-0.4, -0.2) is 11.0 Å². The molecule has 0 bridgehead atoms. The van der Waals surface area contributed by atoms with Crippen molar-refractivity contribution in [1.82, 2.24) is 0 Å². The molecular weight excluding hydrogens is 276 g/mol. The first kappa shape index (κ1) is 14.2. The maximum Gasteiger partial charge on any atom is 0.259 e. The molecule has 4 N–H and O–H groups in total. The van der Waals surface area contributed by atoms with E-state index in [1.165, 1.54) is 18.2 Å². The fourth-order valence-electron chi connectivity index (χ4n) is 1.87. The number of aromatic hydroxyl groups is 1. The van der Waals surface area contributed by atoms with Gasteiger partial charge in [-0.25, -0.2) is 0 Å². The van der Waals surface area contributed by atoms with Crippen LogP contribution >= 0.6 is 11.6 Å². The van der Waals surface area contributed by atoms with E-state index in [1.54, 1.807) is 6.07 Å². The number of carbonyl (C=O) groups is 1. The molecule has 0 aliphatic carbocycles. The molecule has 4 nitrogen and oxygen atoms in total. The first-order valence-electron chi connectivity index (χ1n) is 6.05. The molecule has 0 heterocycles. The largest absolute Gasteiger partial charge is 0.507 e. The summed E-state index contributed by atoms with van der Waals surface area (Å²) in [6.07, 6.45) is 0. The van der Waals surface area contributed by atoms with Crippen molar-refractivity contribution < 1.29 is 9.90 Å². The number of benzene rings is 2. The standard InChI is InChI=1S/C15H15ClN2O2/c1-8-3-5-12(17)14(9(8)2)18-15(20)11-7-10(16)4-6-13(11)19/h3-7,19H,17H2,1-2H3,(H,18,20). The summed E-state index contributed by atoms with van der Waals surface area (Å²) in [5.41, 5.74) is 8.92. The second-order valence-corrected chi connectivity index (χ2v) is 5.02. The number of anilines is 2. The second kappa shape index (κ2) is 5.43. The van der Waals surface area contributed by atoms with Gasteiger partial charge in [-0.1, -0.05) is 17.7 Å². The average Bonchev–Trinajstić information content (AvgIpc) is 2.41. The fraction of sp³-hybridized carbons (Fsp3) is 0.133. The summed E-state index contributed by atoms with van der Waals surface area (Å²) in [5.74, 6) is -0.582. The Hall–Kier alpha value is -2.20. The van der Waals surface area contributed by atoms with E-state index in [1.807, 2.05) is 19.9 Å². The number of halogens is 1. The van der Waals surface area contributed by atoms with Crippen molar-refractivity contribution in [1.29, 1.82) is 0 Å². The van der Waals surface area contributed by atoms with Gasteiger partial charge in [0.15, 0.2) is 0 Å². The molecule has 0 radical (unpaired) electrons. The van der Waals surface area contributed by atoms with Crippen LogP contribution in [0.5, 0.6) is 5.75 Å². The molecule has 1 amide bonds. The van der Waals surface area contributed by atoms with Crippen molar-refractivity contribution in [3.05, 3.63) is 52.0 Å². The van der Waals surface area contributed by atoms with E-state index >= 15 is 0 Å². The van der Waals surface area contributed by atoms with Crippen LogP contribution in [0.2, 0.25) is 5.02 Å². The third-order valence-electron chi connectivity index (χ3n) is 3.21. The number of nitrogens with one attached hydrogen (secondary N) is 1. The number of nitrogens with two attached hydrogens (primary N) is 1. The smallest absolute Gasteiger partial charge is 0.259 e. The van der Waals surface area contributed by atoms with Gasteiger partial charge < -0.3 is 16.2 Å². The zero-order chi connectivity index (χ0) is 14.9. The zero-order valence-electron chi connectivity index (χ0n) is 11.2. The molecule has 0 atom stereocenters. The van der Waals surface area contributed by atoms with Crippen molar-refractivity contribution in [2.45, 2.75) is 13.8 Å². The van der Waals surface area contributed by atoms with E-state index in [2.05, 4.69) is 5.32 Å². The topological polar surface area (TPSA) is 75.3 Å². The highest BCUT2D eigenvalue weighted by Gasteiger charge is 2.15. The number of aryl methyl sites for hydroxylation is 1. The molecule has 0 spiro atoms. The predicted octanol–water partition coefficient (Wildman–Crippen LogP) is 3.50. The minimum atomic E-state index is -0.453. The molecule has 2 rings (SSSR count). The van der Waals surface area contributed by atoms with Gasteiger partial charge in [0, 0.05) is 5.02 Å². The van der Waals surface area contributed by atoms with Gasteiger partial charge in [-0.05, 0) is 49.2 Å². The molecule has 0 fully saturated rings. The molecule has 0 saturated carbocycles. The highest BCUT2D eigenvalue weighted by Crippen LogP contribution is 2.28. The third kappa shape index (κ3) is 2.70. The van der Waals surface area contributed by atoms with Gasteiger partial charge in [0.1, 0.15) is 5.75 Å². The minimum absolute atomic E-state index is 0.109. The fourth-order valence-corrected chi connectivity index (χ4v) is 2.05. The maximum absolute atomic E-state index is 12.2. The Morgan fingerprint density at radius 1 is 1.25 bits per heavy atom. The molecule has 0 aliphatic heterocycles. The Balaban J connectivity index is 2.38. The number of hydrogen-bond acceptors (Lipinski definition) is 3. The molecule has 5 heteroatoms. The lowest BCUT2D eigenvalue weighted by Gasteiger charge is -2.14. The lowest BCUT2D eigenvalue weighted by atomic mass is 10.1. The van der Waals surface area contributed by atoms with Crippen molar-refractivity contribution >= 4 is 28.9 Å². The van der Waals surface area contributed by atoms with Gasteiger partial charge in [-0.2, -0.15) is 0 Å². The first-order valence-corrected chi connectivity index (χ1v) is 6.43. The highest BCUT2D eigenvalue weighted by molar-refractivity contribution is 6.31. The maximum atomic E-state index is 12.2. The normalized spacial score (nSPS) is 10.3. The summed E-state index contributed by atoms with van der Waals surface area (Å²) in [4.78, 5) is 12.2. The van der Waals surface area contributed by atoms with E-state index in [4.69, 9.17) is 17.3 Å². The summed E-state index contributed by atoms with van der Waals surface area (Å²) in [5, 5.41) is 12.8. The lowest BCUT2D eigenvalue weighted by Crippen LogP contribution is -2.14. The van der Waals surface area contributed by atoms with E-state index in [9.17, 15) is 9.90 Å². The highest BCUT2D eigenvalue weighted by atomic mass is 35.5. The van der Waals surface area contributed by atoms with E-state index in [-0.39, 0.29) is 11.3 Å². The van der Waals surface area contributed by atoms with E-state index in [0.717, 1.165) is 11.1 Å². The van der Waals surface area contributed by atoms with Crippen molar-refractivity contribution in [3.8, 4) is 5.75 Å². The Morgan fingerprint density at radius 3 is 2.65 bits per heavy atom. The molecule has 2 aromatic carbocycles. The summed E-state index contributed by atoms with van der Waals surface area (Å²) in [7, 11) is 0. The number of rotatable bonds is 2. The summed E-state index contributed by atoms with van der Waals surface area (Å²) >= 11 is 5.84. The molecule has 0 saturated heterocycles. The van der Waals surface area contributed by atoms with Crippen LogP contribution in [-0.2, 0) is 0 Å². The van der Waals surface area contributed by atoms with Crippen molar-refractivity contribution in [2.75, 3.05) is 11.1 Å². The molecule has 0 aromatic heterocycles. The third-order valence-corrected chi connectivity index (χ3v) is 3.44. The van der Waals surface area contributed by atoms with Crippen LogP contribution in [0.3, 0.4) is 0 Å². The molecule has 20 heavy (non-hydrogen) atoms. The predicted molar refractivity (Wildman–Crippen MR) is 81.4 cm³/mol. The Bertz CT molecular complexity index is 684. The van der Waals surface area contributed by atoms with Crippen LogP contribution in [0.1, 0.15) is 21.5 Å². The second-order valence-electron chi connectivity index (χ2n) is 4.59. The van der Waals surface area contributed by atoms with Gasteiger partial charge in [0.05, 0.1) is 16.9 Å². The van der Waals surface area contributed by atoms with Crippen LogP contribution < -0.4 is 11.1 Å². The molecule has 104 valence electrons. The molecular formula is C15H15ClN2O2. The number of nitrogen functional groups attached to an aromatic ring is 1. The van der Waals surface area contributed by atoms with Gasteiger partial charge in [-0.15, -0.1) is 0 Å². The van der Waals surface area contributed by atoms with E-state index in [0.29, 0.717) is 16.4 Å². The first-order chi connectivity index (χ1) is 9.40. The lowest BCUT2D eigenvalue weighted by molar-refractivity contribution is 0.102. The molecule has 2 aromatic rings.